The zero-order chi connectivity index (χ0) is 13.3. The molecule has 0 amide bonds. The maximum Gasteiger partial charge on any atom is 0.321 e. The quantitative estimate of drug-likeness (QED) is 0.890. The van der Waals surface area contributed by atoms with Crippen molar-refractivity contribution in [2.45, 2.75) is 11.4 Å². The summed E-state index contributed by atoms with van der Waals surface area (Å²) in [4.78, 5) is 12.9. The highest BCUT2D eigenvalue weighted by Gasteiger charge is 2.30. The van der Waals surface area contributed by atoms with Gasteiger partial charge in [-0.15, -0.1) is 11.8 Å². The molecule has 1 aromatic carbocycles. The van der Waals surface area contributed by atoms with Crippen LogP contribution in [0, 0.1) is 0 Å². The highest BCUT2D eigenvalue weighted by Crippen LogP contribution is 2.36. The Morgan fingerprint density at radius 1 is 1.56 bits per heavy atom. The molecule has 4 nitrogen and oxygen atoms in total. The molecular formula is C12H15BrN2O2S. The molecule has 18 heavy (non-hydrogen) atoms. The lowest BCUT2D eigenvalue weighted by Gasteiger charge is -2.17. The molecule has 2 unspecified atom stereocenters. The van der Waals surface area contributed by atoms with Gasteiger partial charge in [0.2, 0.25) is 0 Å². The fourth-order valence-electron chi connectivity index (χ4n) is 1.86. The van der Waals surface area contributed by atoms with Crippen LogP contribution in [-0.4, -0.2) is 37.0 Å². The maximum atomic E-state index is 10.9. The Morgan fingerprint density at radius 2 is 2.28 bits per heavy atom. The number of hydrogen-bond donors (Lipinski definition) is 2. The molecule has 0 spiro atoms. The zero-order valence-electron chi connectivity index (χ0n) is 10.2. The first kappa shape index (κ1) is 13.7. The summed E-state index contributed by atoms with van der Waals surface area (Å²) in [6.07, 6.45) is 0. The molecular weight excluding hydrogens is 316 g/mol. The van der Waals surface area contributed by atoms with Crippen LogP contribution in [0.25, 0.3) is 0 Å². The number of rotatable bonds is 3. The second kappa shape index (κ2) is 5.50. The molecule has 0 bridgehead atoms. The van der Waals surface area contributed by atoms with Gasteiger partial charge in [0, 0.05) is 24.3 Å². The number of benzene rings is 1. The van der Waals surface area contributed by atoms with E-state index in [1.807, 2.05) is 37.2 Å². The number of halogens is 1. The van der Waals surface area contributed by atoms with Crippen molar-refractivity contribution in [2.24, 2.45) is 0 Å². The third kappa shape index (κ3) is 2.81. The topological polar surface area (TPSA) is 52.6 Å². The minimum atomic E-state index is -0.783. The van der Waals surface area contributed by atoms with E-state index in [4.69, 9.17) is 5.11 Å². The van der Waals surface area contributed by atoms with Crippen molar-refractivity contribution in [3.8, 4) is 0 Å². The highest BCUT2D eigenvalue weighted by atomic mass is 79.9. The Kier molecular flexibility index (Phi) is 4.19. The first-order valence-electron chi connectivity index (χ1n) is 5.56. The lowest BCUT2D eigenvalue weighted by Crippen LogP contribution is -2.33. The van der Waals surface area contributed by atoms with Crippen molar-refractivity contribution in [2.75, 3.05) is 24.7 Å². The molecule has 2 atom stereocenters. The Labute approximate surface area is 119 Å². The second-order valence-corrected chi connectivity index (χ2v) is 6.37. The number of carboxylic acid groups (broad SMARTS) is 1. The normalized spacial score (nSPS) is 23.1. The van der Waals surface area contributed by atoms with E-state index in [1.54, 1.807) is 11.8 Å². The van der Waals surface area contributed by atoms with Crippen LogP contribution in [0.3, 0.4) is 0 Å². The fourth-order valence-corrected chi connectivity index (χ4v) is 3.83. The van der Waals surface area contributed by atoms with Crippen LogP contribution in [0.4, 0.5) is 5.69 Å². The molecule has 2 N–H and O–H groups in total. The summed E-state index contributed by atoms with van der Waals surface area (Å²) in [5.41, 5.74) is 2.21. The van der Waals surface area contributed by atoms with Crippen LogP contribution < -0.4 is 10.2 Å². The summed E-state index contributed by atoms with van der Waals surface area (Å²) in [5, 5.41) is 12.1. The van der Waals surface area contributed by atoms with E-state index in [0.29, 0.717) is 5.75 Å². The van der Waals surface area contributed by atoms with E-state index in [-0.39, 0.29) is 5.37 Å². The van der Waals surface area contributed by atoms with Gasteiger partial charge in [0.25, 0.3) is 0 Å². The van der Waals surface area contributed by atoms with Gasteiger partial charge in [-0.2, -0.15) is 0 Å². The third-order valence-corrected chi connectivity index (χ3v) is 4.74. The smallest absolute Gasteiger partial charge is 0.321 e. The Balaban J connectivity index is 2.16. The van der Waals surface area contributed by atoms with Gasteiger partial charge in [-0.3, -0.25) is 10.1 Å². The minimum absolute atomic E-state index is 0.0543. The predicted octanol–water partition coefficient (Wildman–Crippen LogP) is 2.30. The van der Waals surface area contributed by atoms with Gasteiger partial charge in [0.05, 0.1) is 11.1 Å². The van der Waals surface area contributed by atoms with Crippen LogP contribution in [0.15, 0.2) is 22.7 Å². The van der Waals surface area contributed by atoms with E-state index in [1.165, 1.54) is 0 Å². The van der Waals surface area contributed by atoms with Crippen LogP contribution in [0.5, 0.6) is 0 Å². The number of nitrogens with one attached hydrogen (secondary N) is 1. The van der Waals surface area contributed by atoms with Crippen LogP contribution in [0.2, 0.25) is 0 Å². The summed E-state index contributed by atoms with van der Waals surface area (Å²) < 4.78 is 1.02. The molecule has 0 aliphatic carbocycles. The summed E-state index contributed by atoms with van der Waals surface area (Å²) >= 11 is 5.17. The van der Waals surface area contributed by atoms with Gasteiger partial charge in [0.15, 0.2) is 0 Å². The van der Waals surface area contributed by atoms with Gasteiger partial charge in [-0.25, -0.2) is 0 Å². The first-order chi connectivity index (χ1) is 8.49. The van der Waals surface area contributed by atoms with E-state index in [2.05, 4.69) is 21.2 Å². The number of anilines is 1. The Bertz CT molecular complexity index is 467. The van der Waals surface area contributed by atoms with E-state index in [0.717, 1.165) is 15.7 Å². The van der Waals surface area contributed by atoms with Gasteiger partial charge in [-0.1, -0.05) is 6.07 Å². The summed E-state index contributed by atoms with van der Waals surface area (Å²) in [6, 6.07) is 5.67. The molecule has 98 valence electrons. The zero-order valence-corrected chi connectivity index (χ0v) is 12.6. The Hall–Kier alpha value is -0.720. The van der Waals surface area contributed by atoms with Crippen molar-refractivity contribution in [3.63, 3.8) is 0 Å². The minimum Gasteiger partial charge on any atom is -0.480 e. The average Bonchev–Trinajstić information content (AvgIpc) is 2.77. The number of nitrogens with zero attached hydrogens (tertiary/aromatic N) is 1. The number of carbonyl (C=O) groups is 1. The average molecular weight is 331 g/mol. The standard InChI is InChI=1S/C12H15BrN2O2S/c1-15(2)10-4-3-7(5-8(10)13)11-14-9(6-18-11)12(16)17/h3-5,9,11,14H,6H2,1-2H3,(H,16,17). The SMILES string of the molecule is CN(C)c1ccc(C2NC(C(=O)O)CS2)cc1Br. The van der Waals surface area contributed by atoms with Crippen molar-refractivity contribution in [1.29, 1.82) is 0 Å². The van der Waals surface area contributed by atoms with Gasteiger partial charge in [-0.05, 0) is 33.6 Å². The molecule has 1 fully saturated rings. The maximum absolute atomic E-state index is 10.9. The molecule has 1 aromatic rings. The number of carboxylic acids is 1. The van der Waals surface area contributed by atoms with Crippen LogP contribution in [0.1, 0.15) is 10.9 Å². The first-order valence-corrected chi connectivity index (χ1v) is 7.40. The predicted molar refractivity (Wildman–Crippen MR) is 78.2 cm³/mol. The summed E-state index contributed by atoms with van der Waals surface area (Å²) in [5.74, 6) is -0.179. The van der Waals surface area contributed by atoms with Crippen LogP contribution >= 0.6 is 27.7 Å². The lowest BCUT2D eigenvalue weighted by atomic mass is 10.2. The number of thioether (sulfide) groups is 1. The summed E-state index contributed by atoms with van der Waals surface area (Å²) in [7, 11) is 3.98. The van der Waals surface area contributed by atoms with E-state index < -0.39 is 12.0 Å². The highest BCUT2D eigenvalue weighted by molar-refractivity contribution is 9.10. The molecule has 0 radical (unpaired) electrons. The second-order valence-electron chi connectivity index (χ2n) is 4.38. The van der Waals surface area contributed by atoms with Gasteiger partial charge >= 0.3 is 5.97 Å². The lowest BCUT2D eigenvalue weighted by molar-refractivity contribution is -0.138. The largest absolute Gasteiger partial charge is 0.480 e. The van der Waals surface area contributed by atoms with Gasteiger partial charge < -0.3 is 10.0 Å². The number of hydrogen-bond acceptors (Lipinski definition) is 4. The Morgan fingerprint density at radius 3 is 2.78 bits per heavy atom. The number of aliphatic carboxylic acids is 1. The third-order valence-electron chi connectivity index (χ3n) is 2.84. The van der Waals surface area contributed by atoms with Crippen molar-refractivity contribution < 1.29 is 9.90 Å². The summed E-state index contributed by atoms with van der Waals surface area (Å²) in [6.45, 7) is 0. The molecule has 0 aromatic heterocycles. The molecule has 1 aliphatic heterocycles. The monoisotopic (exact) mass is 330 g/mol. The molecule has 6 heteroatoms. The van der Waals surface area contributed by atoms with Gasteiger partial charge in [0.1, 0.15) is 6.04 Å². The van der Waals surface area contributed by atoms with E-state index in [9.17, 15) is 4.79 Å². The molecule has 1 saturated heterocycles. The fraction of sp³-hybridized carbons (Fsp3) is 0.417. The van der Waals surface area contributed by atoms with Crippen LogP contribution in [-0.2, 0) is 4.79 Å². The molecule has 1 heterocycles. The molecule has 1 aliphatic rings. The molecule has 2 rings (SSSR count). The van der Waals surface area contributed by atoms with Crippen molar-refractivity contribution in [1.82, 2.24) is 5.32 Å². The van der Waals surface area contributed by atoms with Crippen molar-refractivity contribution in [3.05, 3.63) is 28.2 Å². The van der Waals surface area contributed by atoms with E-state index >= 15 is 0 Å². The molecule has 0 saturated carbocycles. The van der Waals surface area contributed by atoms with Crippen molar-refractivity contribution >= 4 is 39.3 Å².